The SMILES string of the molecule is Cc1ccc(C)c(CC(=O)N2CC3CCC(O)C3C2)c1. The van der Waals surface area contributed by atoms with Gasteiger partial charge in [-0.3, -0.25) is 4.79 Å². The molecule has 3 nitrogen and oxygen atoms in total. The monoisotopic (exact) mass is 273 g/mol. The predicted molar refractivity (Wildman–Crippen MR) is 78.4 cm³/mol. The number of benzene rings is 1. The minimum Gasteiger partial charge on any atom is -0.393 e. The summed E-state index contributed by atoms with van der Waals surface area (Å²) in [5, 5.41) is 9.93. The van der Waals surface area contributed by atoms with Crippen LogP contribution in [0.3, 0.4) is 0 Å². The third-order valence-corrected chi connectivity index (χ3v) is 5.02. The van der Waals surface area contributed by atoms with Gasteiger partial charge in [-0.05, 0) is 43.7 Å². The van der Waals surface area contributed by atoms with Crippen molar-refractivity contribution in [2.24, 2.45) is 11.8 Å². The van der Waals surface area contributed by atoms with Gasteiger partial charge < -0.3 is 10.0 Å². The van der Waals surface area contributed by atoms with Crippen LogP contribution in [0.25, 0.3) is 0 Å². The van der Waals surface area contributed by atoms with Crippen molar-refractivity contribution in [1.29, 1.82) is 0 Å². The Labute approximate surface area is 120 Å². The number of aliphatic hydroxyl groups excluding tert-OH is 1. The fourth-order valence-electron chi connectivity index (χ4n) is 3.71. The number of nitrogens with zero attached hydrogens (tertiary/aromatic N) is 1. The number of rotatable bonds is 2. The number of hydrogen-bond donors (Lipinski definition) is 1. The average molecular weight is 273 g/mol. The van der Waals surface area contributed by atoms with Crippen LogP contribution in [0.1, 0.15) is 29.5 Å². The Morgan fingerprint density at radius 3 is 2.85 bits per heavy atom. The van der Waals surface area contributed by atoms with Gasteiger partial charge >= 0.3 is 0 Å². The number of aliphatic hydroxyl groups is 1. The summed E-state index contributed by atoms with van der Waals surface area (Å²) >= 11 is 0. The number of hydrogen-bond acceptors (Lipinski definition) is 2. The predicted octanol–water partition coefficient (Wildman–Crippen LogP) is 2.08. The van der Waals surface area contributed by atoms with Crippen molar-refractivity contribution >= 4 is 5.91 Å². The molecule has 1 aromatic rings. The summed E-state index contributed by atoms with van der Waals surface area (Å²) in [4.78, 5) is 14.4. The second-order valence-corrected chi connectivity index (χ2v) is 6.47. The Morgan fingerprint density at radius 1 is 1.30 bits per heavy atom. The van der Waals surface area contributed by atoms with Gasteiger partial charge in [0, 0.05) is 19.0 Å². The van der Waals surface area contributed by atoms with E-state index in [0.29, 0.717) is 18.3 Å². The number of likely N-dealkylation sites (tertiary alicyclic amines) is 1. The van der Waals surface area contributed by atoms with Crippen LogP contribution in [-0.2, 0) is 11.2 Å². The van der Waals surface area contributed by atoms with Crippen LogP contribution in [0.4, 0.5) is 0 Å². The van der Waals surface area contributed by atoms with Gasteiger partial charge in [0.25, 0.3) is 0 Å². The second-order valence-electron chi connectivity index (χ2n) is 6.47. The molecule has 1 heterocycles. The van der Waals surface area contributed by atoms with E-state index < -0.39 is 0 Å². The molecule has 1 N–H and O–H groups in total. The van der Waals surface area contributed by atoms with Crippen molar-refractivity contribution in [2.75, 3.05) is 13.1 Å². The molecule has 3 rings (SSSR count). The molecule has 2 fully saturated rings. The van der Waals surface area contributed by atoms with Crippen molar-refractivity contribution < 1.29 is 9.90 Å². The summed E-state index contributed by atoms with van der Waals surface area (Å²) in [5.41, 5.74) is 3.52. The third-order valence-electron chi connectivity index (χ3n) is 5.02. The summed E-state index contributed by atoms with van der Waals surface area (Å²) in [5.74, 6) is 1.05. The van der Waals surface area contributed by atoms with Crippen LogP contribution < -0.4 is 0 Å². The van der Waals surface area contributed by atoms with Crippen molar-refractivity contribution in [3.8, 4) is 0 Å². The largest absolute Gasteiger partial charge is 0.393 e. The fourth-order valence-corrected chi connectivity index (χ4v) is 3.71. The fraction of sp³-hybridized carbons (Fsp3) is 0.588. The molecule has 1 saturated carbocycles. The third kappa shape index (κ3) is 2.47. The Bertz CT molecular complexity index is 526. The van der Waals surface area contributed by atoms with Gasteiger partial charge in [-0.2, -0.15) is 0 Å². The first-order chi connectivity index (χ1) is 9.54. The van der Waals surface area contributed by atoms with Gasteiger partial charge in [0.15, 0.2) is 0 Å². The highest BCUT2D eigenvalue weighted by atomic mass is 16.3. The van der Waals surface area contributed by atoms with Gasteiger partial charge in [0.05, 0.1) is 12.5 Å². The van der Waals surface area contributed by atoms with Crippen LogP contribution in [0, 0.1) is 25.7 Å². The number of carbonyl (C=O) groups is 1. The van der Waals surface area contributed by atoms with Gasteiger partial charge in [0.2, 0.25) is 5.91 Å². The normalized spacial score (nSPS) is 28.8. The van der Waals surface area contributed by atoms with E-state index in [-0.39, 0.29) is 12.0 Å². The lowest BCUT2D eigenvalue weighted by Crippen LogP contribution is -2.32. The molecule has 1 saturated heterocycles. The quantitative estimate of drug-likeness (QED) is 0.896. The highest BCUT2D eigenvalue weighted by Crippen LogP contribution is 2.38. The number of aryl methyl sites for hydroxylation is 2. The molecule has 3 atom stereocenters. The summed E-state index contributed by atoms with van der Waals surface area (Å²) in [6.07, 6.45) is 2.27. The molecule has 1 aliphatic heterocycles. The van der Waals surface area contributed by atoms with E-state index in [1.165, 1.54) is 11.1 Å². The van der Waals surface area contributed by atoms with Gasteiger partial charge in [0.1, 0.15) is 0 Å². The van der Waals surface area contributed by atoms with Crippen molar-refractivity contribution in [3.63, 3.8) is 0 Å². The first-order valence-corrected chi connectivity index (χ1v) is 7.56. The van der Waals surface area contributed by atoms with E-state index >= 15 is 0 Å². The smallest absolute Gasteiger partial charge is 0.227 e. The van der Waals surface area contributed by atoms with E-state index in [2.05, 4.69) is 32.0 Å². The maximum absolute atomic E-state index is 12.5. The highest BCUT2D eigenvalue weighted by Gasteiger charge is 2.43. The number of fused-ring (bicyclic) bond motifs is 1. The first kappa shape index (κ1) is 13.6. The van der Waals surface area contributed by atoms with Gasteiger partial charge in [-0.15, -0.1) is 0 Å². The van der Waals surface area contributed by atoms with E-state index in [1.54, 1.807) is 0 Å². The summed E-state index contributed by atoms with van der Waals surface area (Å²) in [6, 6.07) is 6.28. The van der Waals surface area contributed by atoms with Crippen molar-refractivity contribution in [1.82, 2.24) is 4.90 Å². The zero-order valence-corrected chi connectivity index (χ0v) is 12.3. The second kappa shape index (κ2) is 5.21. The number of carbonyl (C=O) groups excluding carboxylic acids is 1. The lowest BCUT2D eigenvalue weighted by molar-refractivity contribution is -0.129. The maximum atomic E-state index is 12.5. The molecule has 1 aromatic carbocycles. The Balaban J connectivity index is 1.67. The molecule has 0 spiro atoms. The molecule has 108 valence electrons. The van der Waals surface area contributed by atoms with Crippen LogP contribution >= 0.6 is 0 Å². The van der Waals surface area contributed by atoms with Crippen molar-refractivity contribution in [3.05, 3.63) is 34.9 Å². The first-order valence-electron chi connectivity index (χ1n) is 7.56. The van der Waals surface area contributed by atoms with Crippen LogP contribution in [-0.4, -0.2) is 35.1 Å². The van der Waals surface area contributed by atoms with E-state index in [4.69, 9.17) is 0 Å². The molecule has 0 bridgehead atoms. The lowest BCUT2D eigenvalue weighted by atomic mass is 10.00. The van der Waals surface area contributed by atoms with Gasteiger partial charge in [-0.25, -0.2) is 0 Å². The topological polar surface area (TPSA) is 40.5 Å². The van der Waals surface area contributed by atoms with Gasteiger partial charge in [-0.1, -0.05) is 23.8 Å². The molecular formula is C17H23NO2. The maximum Gasteiger partial charge on any atom is 0.227 e. The molecule has 2 aliphatic rings. The summed E-state index contributed by atoms with van der Waals surface area (Å²) in [7, 11) is 0. The van der Waals surface area contributed by atoms with Crippen molar-refractivity contribution in [2.45, 2.75) is 39.2 Å². The Kier molecular flexibility index (Phi) is 3.55. The molecule has 0 radical (unpaired) electrons. The Hall–Kier alpha value is -1.35. The average Bonchev–Trinajstić information content (AvgIpc) is 2.97. The molecule has 1 amide bonds. The van der Waals surface area contributed by atoms with Crippen LogP contribution in [0.5, 0.6) is 0 Å². The van der Waals surface area contributed by atoms with Crippen LogP contribution in [0.2, 0.25) is 0 Å². The standard InChI is InChI=1S/C17H23NO2/c1-11-3-4-12(2)14(7-11)8-17(20)18-9-13-5-6-16(19)15(13)10-18/h3-4,7,13,15-16,19H,5-6,8-10H2,1-2H3. The van der Waals surface area contributed by atoms with E-state index in [9.17, 15) is 9.90 Å². The Morgan fingerprint density at radius 2 is 2.10 bits per heavy atom. The molecule has 20 heavy (non-hydrogen) atoms. The summed E-state index contributed by atoms with van der Waals surface area (Å²) in [6.45, 7) is 5.70. The number of amides is 1. The highest BCUT2D eigenvalue weighted by molar-refractivity contribution is 5.79. The molecule has 0 aromatic heterocycles. The summed E-state index contributed by atoms with van der Waals surface area (Å²) < 4.78 is 0. The van der Waals surface area contributed by atoms with E-state index in [0.717, 1.165) is 31.5 Å². The minimum absolute atomic E-state index is 0.196. The zero-order valence-electron chi connectivity index (χ0n) is 12.3. The molecule has 3 unspecified atom stereocenters. The van der Waals surface area contributed by atoms with Crippen LogP contribution in [0.15, 0.2) is 18.2 Å². The molecular weight excluding hydrogens is 250 g/mol. The lowest BCUT2D eigenvalue weighted by Gasteiger charge is -2.19. The molecule has 3 heteroatoms. The van der Waals surface area contributed by atoms with E-state index in [1.807, 2.05) is 4.90 Å². The minimum atomic E-state index is -0.196. The molecule has 1 aliphatic carbocycles. The zero-order chi connectivity index (χ0) is 14.3.